The highest BCUT2D eigenvalue weighted by atomic mass is 35.5. The lowest BCUT2D eigenvalue weighted by Crippen LogP contribution is -2.27. The van der Waals surface area contributed by atoms with E-state index in [0.29, 0.717) is 25.5 Å². The van der Waals surface area contributed by atoms with E-state index in [-0.39, 0.29) is 16.6 Å². The molecule has 1 fully saturated rings. The number of thioether (sulfide) groups is 1. The van der Waals surface area contributed by atoms with Crippen LogP contribution in [0.25, 0.3) is 6.08 Å². The van der Waals surface area contributed by atoms with Gasteiger partial charge in [-0.15, -0.1) is 0 Å². The van der Waals surface area contributed by atoms with Crippen LogP contribution < -0.4 is 9.08 Å². The Morgan fingerprint density at radius 3 is 2.42 bits per heavy atom. The third kappa shape index (κ3) is 4.67. The minimum atomic E-state index is -4.02. The summed E-state index contributed by atoms with van der Waals surface area (Å²) in [5, 5.41) is 0.486. The summed E-state index contributed by atoms with van der Waals surface area (Å²) in [5.74, 6) is -0.211. The van der Waals surface area contributed by atoms with Crippen LogP contribution in [0, 0.1) is 0 Å². The number of benzene rings is 3. The molecule has 0 saturated carbocycles. The van der Waals surface area contributed by atoms with Crippen LogP contribution in [0.3, 0.4) is 0 Å². The van der Waals surface area contributed by atoms with Gasteiger partial charge in [0.05, 0.1) is 10.6 Å². The summed E-state index contributed by atoms with van der Waals surface area (Å²) in [4.78, 5) is 14.8. The number of carbonyl (C=O) groups is 1. The Hall–Kier alpha value is -2.65. The van der Waals surface area contributed by atoms with Gasteiger partial charge in [0.2, 0.25) is 0 Å². The molecule has 0 N–H and O–H groups in total. The quantitative estimate of drug-likeness (QED) is 0.268. The molecular formula is C22H14ClNO4S3. The Balaban J connectivity index is 1.66. The van der Waals surface area contributed by atoms with E-state index in [1.807, 2.05) is 0 Å². The molecule has 9 heteroatoms. The molecule has 1 saturated heterocycles. The average molecular weight is 488 g/mol. The summed E-state index contributed by atoms with van der Waals surface area (Å²) < 4.78 is 31.0. The second kappa shape index (κ2) is 8.84. The normalized spacial score (nSPS) is 15.5. The Morgan fingerprint density at radius 1 is 0.968 bits per heavy atom. The zero-order valence-corrected chi connectivity index (χ0v) is 19.0. The molecule has 0 unspecified atom stereocenters. The molecule has 5 nitrogen and oxygen atoms in total. The molecule has 156 valence electrons. The highest BCUT2D eigenvalue weighted by Crippen LogP contribution is 2.38. The SMILES string of the molecule is O=C1C(=Cc2ccccc2OS(=O)(=O)c2ccccc2)SC(=S)N1c1cccc(Cl)c1. The fourth-order valence-corrected chi connectivity index (χ4v) is 5.33. The average Bonchev–Trinajstić information content (AvgIpc) is 3.03. The van der Waals surface area contributed by atoms with Crippen LogP contribution in [0.2, 0.25) is 5.02 Å². The first-order valence-electron chi connectivity index (χ1n) is 8.97. The van der Waals surface area contributed by atoms with E-state index in [2.05, 4.69) is 0 Å². The number of amides is 1. The van der Waals surface area contributed by atoms with Crippen molar-refractivity contribution in [3.05, 3.63) is 94.4 Å². The predicted molar refractivity (Wildman–Crippen MR) is 128 cm³/mol. The zero-order valence-electron chi connectivity index (χ0n) is 15.8. The first-order valence-corrected chi connectivity index (χ1v) is 12.0. The Morgan fingerprint density at radius 2 is 1.68 bits per heavy atom. The zero-order chi connectivity index (χ0) is 22.0. The van der Waals surface area contributed by atoms with Crippen LogP contribution in [0.15, 0.2) is 88.7 Å². The number of carbonyl (C=O) groups excluding carboxylic acids is 1. The van der Waals surface area contributed by atoms with Crippen molar-refractivity contribution < 1.29 is 17.4 Å². The van der Waals surface area contributed by atoms with Crippen LogP contribution in [-0.2, 0) is 14.9 Å². The van der Waals surface area contributed by atoms with E-state index in [4.69, 9.17) is 28.0 Å². The van der Waals surface area contributed by atoms with Crippen molar-refractivity contribution in [3.8, 4) is 5.75 Å². The van der Waals surface area contributed by atoms with Gasteiger partial charge in [0, 0.05) is 10.6 Å². The number of anilines is 1. The lowest BCUT2D eigenvalue weighted by molar-refractivity contribution is -0.113. The summed E-state index contributed by atoms with van der Waals surface area (Å²) in [7, 11) is -4.02. The molecule has 3 aromatic rings. The Bertz CT molecular complexity index is 1310. The molecule has 4 rings (SSSR count). The van der Waals surface area contributed by atoms with E-state index < -0.39 is 10.1 Å². The molecule has 0 aliphatic carbocycles. The summed E-state index contributed by atoms with van der Waals surface area (Å²) in [6, 6.07) is 21.3. The Kier molecular flexibility index (Phi) is 6.15. The van der Waals surface area contributed by atoms with Gasteiger partial charge in [0.25, 0.3) is 5.91 Å². The van der Waals surface area contributed by atoms with Gasteiger partial charge in [0.15, 0.2) is 4.32 Å². The van der Waals surface area contributed by atoms with Crippen molar-refractivity contribution in [1.29, 1.82) is 0 Å². The van der Waals surface area contributed by atoms with Gasteiger partial charge in [-0.3, -0.25) is 9.69 Å². The number of nitrogens with zero attached hydrogens (tertiary/aromatic N) is 1. The molecule has 31 heavy (non-hydrogen) atoms. The topological polar surface area (TPSA) is 63.7 Å². The molecular weight excluding hydrogens is 474 g/mol. The molecule has 1 aliphatic heterocycles. The van der Waals surface area contributed by atoms with Crippen molar-refractivity contribution in [3.63, 3.8) is 0 Å². The first kappa shape index (κ1) is 21.6. The largest absolute Gasteiger partial charge is 0.378 e. The monoisotopic (exact) mass is 487 g/mol. The standard InChI is InChI=1S/C22H14ClNO4S3/c23-16-8-6-9-17(14-16)24-21(25)20(30-22(24)29)13-15-7-4-5-12-19(15)28-31(26,27)18-10-2-1-3-11-18/h1-14H. The molecule has 0 bridgehead atoms. The predicted octanol–water partition coefficient (Wildman–Crippen LogP) is 5.51. The highest BCUT2D eigenvalue weighted by molar-refractivity contribution is 8.27. The maximum Gasteiger partial charge on any atom is 0.339 e. The van der Waals surface area contributed by atoms with E-state index in [9.17, 15) is 13.2 Å². The smallest absolute Gasteiger partial charge is 0.339 e. The van der Waals surface area contributed by atoms with Crippen molar-refractivity contribution in [1.82, 2.24) is 0 Å². The highest BCUT2D eigenvalue weighted by Gasteiger charge is 2.33. The van der Waals surface area contributed by atoms with E-state index in [0.717, 1.165) is 11.8 Å². The van der Waals surface area contributed by atoms with Crippen molar-refractivity contribution in [2.24, 2.45) is 0 Å². The fraction of sp³-hybridized carbons (Fsp3) is 0. The molecule has 0 spiro atoms. The van der Waals surface area contributed by atoms with E-state index >= 15 is 0 Å². The number of thiocarbonyl (C=S) groups is 1. The fourth-order valence-electron chi connectivity index (χ4n) is 2.88. The number of hydrogen-bond acceptors (Lipinski definition) is 6. The van der Waals surface area contributed by atoms with Gasteiger partial charge >= 0.3 is 10.1 Å². The third-order valence-corrected chi connectivity index (χ3v) is 7.08. The molecule has 1 amide bonds. The summed E-state index contributed by atoms with van der Waals surface area (Å²) in [6.45, 7) is 0. The second-order valence-corrected chi connectivity index (χ2v) is 10.0. The number of hydrogen-bond donors (Lipinski definition) is 0. The molecule has 0 radical (unpaired) electrons. The van der Waals surface area contributed by atoms with Gasteiger partial charge in [-0.05, 0) is 42.5 Å². The lowest BCUT2D eigenvalue weighted by Gasteiger charge is -2.14. The van der Waals surface area contributed by atoms with Crippen molar-refractivity contribution in [2.75, 3.05) is 4.90 Å². The maximum atomic E-state index is 13.0. The maximum absolute atomic E-state index is 13.0. The molecule has 3 aromatic carbocycles. The third-order valence-electron chi connectivity index (χ3n) is 4.30. The first-order chi connectivity index (χ1) is 14.8. The second-order valence-electron chi connectivity index (χ2n) is 6.39. The lowest BCUT2D eigenvalue weighted by atomic mass is 10.2. The van der Waals surface area contributed by atoms with Crippen LogP contribution >= 0.6 is 35.6 Å². The van der Waals surface area contributed by atoms with Crippen LogP contribution in [-0.4, -0.2) is 18.6 Å². The summed E-state index contributed by atoms with van der Waals surface area (Å²) in [5.41, 5.74) is 1.00. The molecule has 1 heterocycles. The van der Waals surface area contributed by atoms with Crippen molar-refractivity contribution >= 4 is 67.7 Å². The number of para-hydroxylation sites is 1. The molecule has 0 atom stereocenters. The number of rotatable bonds is 5. The molecule has 0 aromatic heterocycles. The van der Waals surface area contributed by atoms with Gasteiger partial charge in [-0.1, -0.05) is 78.0 Å². The van der Waals surface area contributed by atoms with Crippen molar-refractivity contribution in [2.45, 2.75) is 4.90 Å². The van der Waals surface area contributed by atoms with Crippen LogP contribution in [0.5, 0.6) is 5.75 Å². The van der Waals surface area contributed by atoms with Gasteiger partial charge in [-0.2, -0.15) is 8.42 Å². The minimum absolute atomic E-state index is 0.0390. The number of halogens is 1. The van der Waals surface area contributed by atoms with E-state index in [1.165, 1.54) is 23.1 Å². The Labute approximate surface area is 194 Å². The summed E-state index contributed by atoms with van der Waals surface area (Å²) >= 11 is 12.5. The van der Waals surface area contributed by atoms with Gasteiger partial charge < -0.3 is 4.18 Å². The van der Waals surface area contributed by atoms with Gasteiger partial charge in [-0.25, -0.2) is 0 Å². The van der Waals surface area contributed by atoms with Crippen LogP contribution in [0.1, 0.15) is 5.56 Å². The van der Waals surface area contributed by atoms with Gasteiger partial charge in [0.1, 0.15) is 10.6 Å². The van der Waals surface area contributed by atoms with Crippen LogP contribution in [0.4, 0.5) is 5.69 Å². The molecule has 1 aliphatic rings. The minimum Gasteiger partial charge on any atom is -0.378 e. The van der Waals surface area contributed by atoms with E-state index in [1.54, 1.807) is 66.7 Å². The summed E-state index contributed by atoms with van der Waals surface area (Å²) in [6.07, 6.45) is 1.57.